The second-order valence-electron chi connectivity index (χ2n) is 4.02. The number of fused-ring (bicyclic) bond motifs is 1. The molecule has 0 saturated heterocycles. The van der Waals surface area contributed by atoms with Crippen LogP contribution in [0.25, 0.3) is 10.9 Å². The number of rotatable bonds is 5. The van der Waals surface area contributed by atoms with E-state index in [4.69, 9.17) is 9.47 Å². The minimum atomic E-state index is -0.182. The van der Waals surface area contributed by atoms with E-state index in [-0.39, 0.29) is 18.0 Å². The van der Waals surface area contributed by atoms with E-state index in [0.717, 1.165) is 6.54 Å². The Morgan fingerprint density at radius 3 is 2.50 bits per heavy atom. The number of benzene rings is 1. The minimum Gasteiger partial charge on any atom is -0.493 e. The van der Waals surface area contributed by atoms with E-state index >= 15 is 0 Å². The van der Waals surface area contributed by atoms with Crippen molar-refractivity contribution in [3.8, 4) is 11.5 Å². The Kier molecular flexibility index (Phi) is 5.79. The van der Waals surface area contributed by atoms with Gasteiger partial charge in [0.2, 0.25) is 0 Å². The summed E-state index contributed by atoms with van der Waals surface area (Å²) in [4.78, 5) is 19.2. The number of halogens is 1. The highest BCUT2D eigenvalue weighted by Crippen LogP contribution is 2.29. The molecule has 0 unspecified atom stereocenters. The summed E-state index contributed by atoms with van der Waals surface area (Å²) in [5, 5.41) is 3.60. The lowest BCUT2D eigenvalue weighted by molar-refractivity contribution is 0.355. The summed E-state index contributed by atoms with van der Waals surface area (Å²) in [7, 11) is 3.08. The second-order valence-corrected chi connectivity index (χ2v) is 4.02. The van der Waals surface area contributed by atoms with E-state index in [0.29, 0.717) is 34.8 Å². The van der Waals surface area contributed by atoms with E-state index in [2.05, 4.69) is 15.3 Å². The summed E-state index contributed by atoms with van der Waals surface area (Å²) in [6.07, 6.45) is 0. The van der Waals surface area contributed by atoms with Gasteiger partial charge >= 0.3 is 0 Å². The van der Waals surface area contributed by atoms with Crippen LogP contribution in [-0.2, 0) is 6.54 Å². The minimum absolute atomic E-state index is 0. The van der Waals surface area contributed by atoms with Crippen molar-refractivity contribution in [2.45, 2.75) is 13.5 Å². The van der Waals surface area contributed by atoms with Gasteiger partial charge in [-0.25, -0.2) is 4.98 Å². The lowest BCUT2D eigenvalue weighted by Crippen LogP contribution is -2.19. The van der Waals surface area contributed by atoms with Gasteiger partial charge in [-0.3, -0.25) is 4.79 Å². The fourth-order valence-corrected chi connectivity index (χ4v) is 1.84. The monoisotopic (exact) mass is 299 g/mol. The van der Waals surface area contributed by atoms with Crippen molar-refractivity contribution in [1.82, 2.24) is 15.3 Å². The number of aromatic amines is 1. The third kappa shape index (κ3) is 3.20. The SMILES string of the molecule is CCNCc1nc2cc(OC)c(OC)cc2c(=O)[nH]1.Cl. The van der Waals surface area contributed by atoms with Crippen molar-refractivity contribution in [3.05, 3.63) is 28.3 Å². The van der Waals surface area contributed by atoms with Gasteiger partial charge in [-0.1, -0.05) is 6.92 Å². The molecule has 2 N–H and O–H groups in total. The zero-order valence-electron chi connectivity index (χ0n) is 11.6. The van der Waals surface area contributed by atoms with Crippen molar-refractivity contribution >= 4 is 23.3 Å². The third-order valence-corrected chi connectivity index (χ3v) is 2.80. The Labute approximate surface area is 122 Å². The Morgan fingerprint density at radius 1 is 1.25 bits per heavy atom. The molecule has 0 saturated carbocycles. The molecule has 2 rings (SSSR count). The average Bonchev–Trinajstić information content (AvgIpc) is 2.43. The quantitative estimate of drug-likeness (QED) is 0.874. The molecule has 0 bridgehead atoms. The van der Waals surface area contributed by atoms with Crippen molar-refractivity contribution in [3.63, 3.8) is 0 Å². The van der Waals surface area contributed by atoms with Crippen LogP contribution in [0.1, 0.15) is 12.7 Å². The van der Waals surface area contributed by atoms with Crippen molar-refractivity contribution in [2.75, 3.05) is 20.8 Å². The van der Waals surface area contributed by atoms with E-state index < -0.39 is 0 Å². The van der Waals surface area contributed by atoms with Crippen LogP contribution in [0.4, 0.5) is 0 Å². The molecule has 0 aliphatic rings. The first-order valence-electron chi connectivity index (χ1n) is 6.05. The highest BCUT2D eigenvalue weighted by Gasteiger charge is 2.10. The molecule has 1 heterocycles. The Bertz CT molecular complexity index is 643. The second kappa shape index (κ2) is 7.12. The lowest BCUT2D eigenvalue weighted by Gasteiger charge is -2.09. The maximum atomic E-state index is 12.0. The van der Waals surface area contributed by atoms with Crippen LogP contribution in [0.3, 0.4) is 0 Å². The van der Waals surface area contributed by atoms with Crippen LogP contribution in [0.15, 0.2) is 16.9 Å². The van der Waals surface area contributed by atoms with Gasteiger partial charge in [0.25, 0.3) is 5.56 Å². The Balaban J connectivity index is 0.00000200. The van der Waals surface area contributed by atoms with E-state index in [1.165, 1.54) is 7.11 Å². The summed E-state index contributed by atoms with van der Waals surface area (Å²) in [6.45, 7) is 3.33. The fourth-order valence-electron chi connectivity index (χ4n) is 1.84. The largest absolute Gasteiger partial charge is 0.493 e. The summed E-state index contributed by atoms with van der Waals surface area (Å²) in [6, 6.07) is 3.34. The first-order valence-corrected chi connectivity index (χ1v) is 6.05. The molecule has 0 spiro atoms. The summed E-state index contributed by atoms with van der Waals surface area (Å²) in [5.74, 6) is 1.68. The molecule has 0 radical (unpaired) electrons. The topological polar surface area (TPSA) is 76.2 Å². The first-order chi connectivity index (χ1) is 9.19. The number of hydrogen-bond acceptors (Lipinski definition) is 5. The maximum absolute atomic E-state index is 12.0. The number of nitrogens with one attached hydrogen (secondary N) is 2. The molecule has 0 aliphatic carbocycles. The Morgan fingerprint density at radius 2 is 1.90 bits per heavy atom. The number of H-pyrrole nitrogens is 1. The molecule has 0 amide bonds. The lowest BCUT2D eigenvalue weighted by atomic mass is 10.2. The molecule has 1 aromatic carbocycles. The molecule has 1 aromatic heterocycles. The Hall–Kier alpha value is -1.79. The number of aromatic nitrogens is 2. The van der Waals surface area contributed by atoms with Gasteiger partial charge in [-0.15, -0.1) is 12.4 Å². The van der Waals surface area contributed by atoms with Crippen molar-refractivity contribution < 1.29 is 9.47 Å². The molecular formula is C13H18ClN3O3. The predicted molar refractivity (Wildman–Crippen MR) is 80.1 cm³/mol. The molecular weight excluding hydrogens is 282 g/mol. The summed E-state index contributed by atoms with van der Waals surface area (Å²) < 4.78 is 10.4. The van der Waals surface area contributed by atoms with Crippen LogP contribution in [0.2, 0.25) is 0 Å². The molecule has 0 fully saturated rings. The van der Waals surface area contributed by atoms with Crippen LogP contribution in [-0.4, -0.2) is 30.7 Å². The van der Waals surface area contributed by atoms with Gasteiger partial charge in [0.1, 0.15) is 5.82 Å². The predicted octanol–water partition coefficient (Wildman–Crippen LogP) is 1.47. The number of nitrogens with zero attached hydrogens (tertiary/aromatic N) is 1. The van der Waals surface area contributed by atoms with E-state index in [1.807, 2.05) is 6.92 Å². The maximum Gasteiger partial charge on any atom is 0.258 e. The first kappa shape index (κ1) is 16.3. The zero-order valence-corrected chi connectivity index (χ0v) is 12.5. The van der Waals surface area contributed by atoms with Crippen LogP contribution < -0.4 is 20.3 Å². The van der Waals surface area contributed by atoms with Gasteiger partial charge in [0.05, 0.1) is 31.7 Å². The van der Waals surface area contributed by atoms with Gasteiger partial charge < -0.3 is 19.8 Å². The molecule has 0 atom stereocenters. The standard InChI is InChI=1S/C13H17N3O3.ClH/c1-4-14-7-12-15-9-6-11(19-3)10(18-2)5-8(9)13(17)16-12;/h5-6,14H,4,7H2,1-3H3,(H,15,16,17);1H. The average molecular weight is 300 g/mol. The number of hydrogen-bond donors (Lipinski definition) is 2. The molecule has 20 heavy (non-hydrogen) atoms. The number of methoxy groups -OCH3 is 2. The van der Waals surface area contributed by atoms with Crippen LogP contribution in [0.5, 0.6) is 11.5 Å². The molecule has 7 heteroatoms. The smallest absolute Gasteiger partial charge is 0.258 e. The summed E-state index contributed by atoms with van der Waals surface area (Å²) in [5.41, 5.74) is 0.410. The van der Waals surface area contributed by atoms with Gasteiger partial charge in [-0.2, -0.15) is 0 Å². The highest BCUT2D eigenvalue weighted by atomic mass is 35.5. The van der Waals surface area contributed by atoms with Crippen LogP contribution >= 0.6 is 12.4 Å². The fraction of sp³-hybridized carbons (Fsp3) is 0.385. The summed E-state index contributed by atoms with van der Waals surface area (Å²) >= 11 is 0. The van der Waals surface area contributed by atoms with Gasteiger partial charge in [0, 0.05) is 6.07 Å². The zero-order chi connectivity index (χ0) is 13.8. The van der Waals surface area contributed by atoms with Crippen LogP contribution in [0, 0.1) is 0 Å². The van der Waals surface area contributed by atoms with Crippen molar-refractivity contribution in [2.24, 2.45) is 0 Å². The molecule has 2 aromatic rings. The molecule has 6 nitrogen and oxygen atoms in total. The van der Waals surface area contributed by atoms with Gasteiger partial charge in [0.15, 0.2) is 11.5 Å². The van der Waals surface area contributed by atoms with E-state index in [9.17, 15) is 4.79 Å². The number of ether oxygens (including phenoxy) is 2. The third-order valence-electron chi connectivity index (χ3n) is 2.80. The molecule has 0 aliphatic heterocycles. The normalized spacial score (nSPS) is 10.2. The van der Waals surface area contributed by atoms with E-state index in [1.54, 1.807) is 19.2 Å². The van der Waals surface area contributed by atoms with Crippen molar-refractivity contribution in [1.29, 1.82) is 0 Å². The van der Waals surface area contributed by atoms with Gasteiger partial charge in [-0.05, 0) is 12.6 Å². The highest BCUT2D eigenvalue weighted by molar-refractivity contribution is 5.85. The molecule has 110 valence electrons.